The highest BCUT2D eigenvalue weighted by atomic mass is 15.6. The Bertz CT molecular complexity index is 186. The normalized spacial score (nSPS) is 24.4. The van der Waals surface area contributed by atoms with E-state index in [1.54, 1.807) is 22.4 Å². The van der Waals surface area contributed by atoms with E-state index in [1.807, 2.05) is 14.1 Å². The molecule has 0 aromatic rings. The highest BCUT2D eigenvalue weighted by Crippen LogP contribution is 2.05. The molecule has 0 N–H and O–H groups in total. The molecule has 1 aliphatic rings. The molecule has 0 spiro atoms. The number of hydrogen-bond donors (Lipinski definition) is 0. The van der Waals surface area contributed by atoms with E-state index in [0.717, 1.165) is 12.2 Å². The Balaban J connectivity index is 2.75. The van der Waals surface area contributed by atoms with Crippen LogP contribution in [0.2, 0.25) is 0 Å². The zero-order chi connectivity index (χ0) is 8.27. The predicted molar refractivity (Wildman–Crippen MR) is 46.3 cm³/mol. The summed E-state index contributed by atoms with van der Waals surface area (Å²) < 4.78 is 0. The van der Waals surface area contributed by atoms with Gasteiger partial charge in [0.15, 0.2) is 0 Å². The zero-order valence-electron chi connectivity index (χ0n) is 6.86. The second-order valence-electron chi connectivity index (χ2n) is 2.30. The average molecular weight is 152 g/mol. The van der Waals surface area contributed by atoms with Crippen LogP contribution >= 0.6 is 0 Å². The van der Waals surface area contributed by atoms with Gasteiger partial charge in [0.2, 0.25) is 0 Å². The van der Waals surface area contributed by atoms with Crippen LogP contribution in [0.15, 0.2) is 22.6 Å². The molecule has 4 heteroatoms. The first-order chi connectivity index (χ1) is 5.22. The molecular formula is C7H12N4. The molecule has 0 unspecified atom stereocenters. The predicted octanol–water partition coefficient (Wildman–Crippen LogP) is 0.697. The van der Waals surface area contributed by atoms with E-state index in [9.17, 15) is 0 Å². The molecule has 4 nitrogen and oxygen atoms in total. The van der Waals surface area contributed by atoms with Crippen molar-refractivity contribution in [2.45, 2.75) is 6.42 Å². The molecule has 1 heterocycles. The summed E-state index contributed by atoms with van der Waals surface area (Å²) in [5, 5.41) is 11.6. The maximum absolute atomic E-state index is 4.09. The monoisotopic (exact) mass is 152 g/mol. The fraction of sp³-hybridized carbons (Fsp3) is 0.429. The van der Waals surface area contributed by atoms with Crippen molar-refractivity contribution in [3.05, 3.63) is 12.4 Å². The molecule has 0 fully saturated rings. The summed E-state index contributed by atoms with van der Waals surface area (Å²) >= 11 is 0. The van der Waals surface area contributed by atoms with Gasteiger partial charge < -0.3 is 0 Å². The Kier molecular flexibility index (Phi) is 2.25. The van der Waals surface area contributed by atoms with Crippen molar-refractivity contribution in [2.24, 2.45) is 10.2 Å². The lowest BCUT2D eigenvalue weighted by Crippen LogP contribution is -2.23. The molecule has 1 aliphatic heterocycles. The van der Waals surface area contributed by atoms with E-state index in [-0.39, 0.29) is 0 Å². The molecular weight excluding hydrogens is 140 g/mol. The smallest absolute Gasteiger partial charge is 0.137 e. The van der Waals surface area contributed by atoms with Gasteiger partial charge in [-0.3, -0.25) is 10.0 Å². The summed E-state index contributed by atoms with van der Waals surface area (Å²) in [6, 6.07) is 0. The van der Waals surface area contributed by atoms with Crippen molar-refractivity contribution in [1.82, 2.24) is 10.0 Å². The minimum absolute atomic E-state index is 0.761. The van der Waals surface area contributed by atoms with E-state index < -0.39 is 0 Å². The minimum atomic E-state index is 0.761. The first-order valence-electron chi connectivity index (χ1n) is 3.43. The van der Waals surface area contributed by atoms with Crippen LogP contribution in [-0.2, 0) is 0 Å². The molecule has 60 valence electrons. The van der Waals surface area contributed by atoms with Gasteiger partial charge in [-0.1, -0.05) is 6.58 Å². The van der Waals surface area contributed by atoms with E-state index in [1.165, 1.54) is 0 Å². The third-order valence-electron chi connectivity index (χ3n) is 1.47. The minimum Gasteiger partial charge on any atom is -0.252 e. The van der Waals surface area contributed by atoms with Crippen molar-refractivity contribution in [3.63, 3.8) is 0 Å². The van der Waals surface area contributed by atoms with E-state index in [0.29, 0.717) is 0 Å². The summed E-state index contributed by atoms with van der Waals surface area (Å²) in [6.45, 7) is 3.80. The third-order valence-corrected chi connectivity index (χ3v) is 1.47. The first-order valence-corrected chi connectivity index (χ1v) is 3.43. The highest BCUT2D eigenvalue weighted by Gasteiger charge is 2.04. The maximum Gasteiger partial charge on any atom is 0.137 e. The summed E-state index contributed by atoms with van der Waals surface area (Å²) in [4.78, 5) is 0. The molecule has 0 aromatic heterocycles. The lowest BCUT2D eigenvalue weighted by molar-refractivity contribution is 0.287. The van der Waals surface area contributed by atoms with Gasteiger partial charge in [-0.05, 0) is 0 Å². The standard InChI is InChI=1S/C7H12N4/c1-7-10(2)8-5-4-6-9-11(7)3/h5-6H,1,4H2,2-3H3/b8-5+,9-6+. The van der Waals surface area contributed by atoms with Gasteiger partial charge in [0, 0.05) is 32.9 Å². The van der Waals surface area contributed by atoms with Gasteiger partial charge in [0.1, 0.15) is 5.82 Å². The largest absolute Gasteiger partial charge is 0.252 e. The molecule has 0 amide bonds. The van der Waals surface area contributed by atoms with Crippen LogP contribution in [0.4, 0.5) is 0 Å². The Morgan fingerprint density at radius 1 is 1.27 bits per heavy atom. The number of hydrazone groups is 2. The third kappa shape index (κ3) is 1.80. The van der Waals surface area contributed by atoms with Crippen LogP contribution in [0.1, 0.15) is 6.42 Å². The van der Waals surface area contributed by atoms with Gasteiger partial charge in [-0.2, -0.15) is 10.2 Å². The fourth-order valence-electron chi connectivity index (χ4n) is 0.729. The van der Waals surface area contributed by atoms with E-state index in [4.69, 9.17) is 0 Å². The van der Waals surface area contributed by atoms with Crippen molar-refractivity contribution >= 4 is 12.4 Å². The Morgan fingerprint density at radius 2 is 1.73 bits per heavy atom. The van der Waals surface area contributed by atoms with Gasteiger partial charge in [-0.15, -0.1) is 0 Å². The summed E-state index contributed by atoms with van der Waals surface area (Å²) in [5.74, 6) is 0.761. The molecule has 0 aromatic carbocycles. The lowest BCUT2D eigenvalue weighted by Gasteiger charge is -2.23. The van der Waals surface area contributed by atoms with E-state index >= 15 is 0 Å². The maximum atomic E-state index is 4.09. The van der Waals surface area contributed by atoms with Crippen LogP contribution in [0.25, 0.3) is 0 Å². The number of hydrogen-bond acceptors (Lipinski definition) is 4. The van der Waals surface area contributed by atoms with Crippen molar-refractivity contribution in [2.75, 3.05) is 14.1 Å². The Morgan fingerprint density at radius 3 is 2.18 bits per heavy atom. The first kappa shape index (κ1) is 7.78. The van der Waals surface area contributed by atoms with Crippen LogP contribution in [0.3, 0.4) is 0 Å². The van der Waals surface area contributed by atoms with Gasteiger partial charge in [0.25, 0.3) is 0 Å². The number of nitrogens with zero attached hydrogens (tertiary/aromatic N) is 4. The van der Waals surface area contributed by atoms with Crippen LogP contribution in [0, 0.1) is 0 Å². The average Bonchev–Trinajstić information content (AvgIpc) is 2.00. The second kappa shape index (κ2) is 3.18. The van der Waals surface area contributed by atoms with Crippen LogP contribution in [-0.4, -0.2) is 36.5 Å². The van der Waals surface area contributed by atoms with Crippen molar-refractivity contribution in [3.8, 4) is 0 Å². The number of rotatable bonds is 0. The SMILES string of the molecule is C=C1N(C)/N=C/C/C=N/N1C. The van der Waals surface area contributed by atoms with Gasteiger partial charge in [0.05, 0.1) is 0 Å². The molecule has 0 saturated heterocycles. The summed E-state index contributed by atoms with van der Waals surface area (Å²) in [6.07, 6.45) is 4.35. The summed E-state index contributed by atoms with van der Waals surface area (Å²) in [5.41, 5.74) is 0. The molecule has 0 atom stereocenters. The lowest BCUT2D eigenvalue weighted by atomic mass is 10.5. The summed E-state index contributed by atoms with van der Waals surface area (Å²) in [7, 11) is 3.69. The Hall–Kier alpha value is -1.32. The molecule has 0 saturated carbocycles. The van der Waals surface area contributed by atoms with E-state index in [2.05, 4.69) is 16.8 Å². The Labute approximate surface area is 66.5 Å². The molecule has 0 bridgehead atoms. The molecule has 0 aliphatic carbocycles. The topological polar surface area (TPSA) is 31.2 Å². The molecule has 1 rings (SSSR count). The fourth-order valence-corrected chi connectivity index (χ4v) is 0.729. The van der Waals surface area contributed by atoms with Gasteiger partial charge in [-0.25, -0.2) is 0 Å². The van der Waals surface area contributed by atoms with Gasteiger partial charge >= 0.3 is 0 Å². The quantitative estimate of drug-likeness (QED) is 0.511. The zero-order valence-corrected chi connectivity index (χ0v) is 6.86. The van der Waals surface area contributed by atoms with Crippen molar-refractivity contribution in [1.29, 1.82) is 0 Å². The van der Waals surface area contributed by atoms with Crippen molar-refractivity contribution < 1.29 is 0 Å². The van der Waals surface area contributed by atoms with Crippen LogP contribution in [0.5, 0.6) is 0 Å². The molecule has 11 heavy (non-hydrogen) atoms. The highest BCUT2D eigenvalue weighted by molar-refractivity contribution is 5.79. The molecule has 0 radical (unpaired) electrons. The van der Waals surface area contributed by atoms with Crippen LogP contribution < -0.4 is 0 Å². The second-order valence-corrected chi connectivity index (χ2v) is 2.30.